The first-order chi connectivity index (χ1) is 11.4. The third-order valence-electron chi connectivity index (χ3n) is 4.92. The third-order valence-corrected chi connectivity index (χ3v) is 4.92. The van der Waals surface area contributed by atoms with Crippen molar-refractivity contribution >= 4 is 0 Å². The second kappa shape index (κ2) is 6.61. The van der Waals surface area contributed by atoms with E-state index in [9.17, 15) is 5.11 Å². The van der Waals surface area contributed by atoms with Gasteiger partial charge in [0.15, 0.2) is 5.82 Å². The lowest BCUT2D eigenvalue weighted by Gasteiger charge is -2.47. The topological polar surface area (TPSA) is 75.9 Å². The fourth-order valence-electron chi connectivity index (χ4n) is 4.41. The zero-order chi connectivity index (χ0) is 17.2. The molecule has 1 aromatic heterocycles. The molecular formula is C18H27N5O. The number of aliphatic hydroxyl groups is 1. The summed E-state index contributed by atoms with van der Waals surface area (Å²) in [6.45, 7) is 7.49. The number of rotatable bonds is 5. The zero-order valence-electron chi connectivity index (χ0n) is 14.7. The summed E-state index contributed by atoms with van der Waals surface area (Å²) in [5, 5.41) is 25.7. The van der Waals surface area contributed by atoms with E-state index in [1.54, 1.807) is 4.68 Å². The van der Waals surface area contributed by atoms with Crippen molar-refractivity contribution in [2.45, 2.75) is 52.1 Å². The summed E-state index contributed by atoms with van der Waals surface area (Å²) in [4.78, 5) is 0. The van der Waals surface area contributed by atoms with E-state index in [0.29, 0.717) is 12.5 Å². The summed E-state index contributed by atoms with van der Waals surface area (Å²) in [7, 11) is 0. The zero-order valence-corrected chi connectivity index (χ0v) is 14.7. The second-order valence-corrected chi connectivity index (χ2v) is 7.99. The van der Waals surface area contributed by atoms with Crippen LogP contribution in [0.1, 0.15) is 45.9 Å². The highest BCUT2D eigenvalue weighted by Crippen LogP contribution is 2.43. The Balaban J connectivity index is 1.77. The number of aliphatic hydroxyl groups excluding tert-OH is 1. The van der Waals surface area contributed by atoms with E-state index < -0.39 is 0 Å². The molecule has 0 amide bonds. The van der Waals surface area contributed by atoms with Gasteiger partial charge in [-0.25, -0.2) is 0 Å². The Morgan fingerprint density at radius 2 is 2.00 bits per heavy atom. The van der Waals surface area contributed by atoms with Crippen LogP contribution in [0.5, 0.6) is 0 Å². The molecule has 6 nitrogen and oxygen atoms in total. The number of benzene rings is 1. The van der Waals surface area contributed by atoms with Crippen LogP contribution in [0, 0.1) is 11.3 Å². The van der Waals surface area contributed by atoms with E-state index in [0.717, 1.165) is 24.4 Å². The van der Waals surface area contributed by atoms with E-state index in [4.69, 9.17) is 0 Å². The van der Waals surface area contributed by atoms with Crippen molar-refractivity contribution in [2.24, 2.45) is 11.3 Å². The van der Waals surface area contributed by atoms with Gasteiger partial charge < -0.3 is 10.4 Å². The molecule has 0 spiro atoms. The van der Waals surface area contributed by atoms with Crippen LogP contribution in [0.3, 0.4) is 0 Å². The van der Waals surface area contributed by atoms with E-state index in [2.05, 4.69) is 41.6 Å². The minimum Gasteiger partial charge on any atom is -0.394 e. The van der Waals surface area contributed by atoms with Crippen molar-refractivity contribution in [1.29, 1.82) is 0 Å². The Morgan fingerprint density at radius 3 is 2.67 bits per heavy atom. The van der Waals surface area contributed by atoms with Gasteiger partial charge in [-0.05, 0) is 53.2 Å². The molecule has 0 saturated heterocycles. The number of nitrogens with one attached hydrogen (secondary N) is 1. The third kappa shape index (κ3) is 3.65. The molecule has 130 valence electrons. The quantitative estimate of drug-likeness (QED) is 0.880. The van der Waals surface area contributed by atoms with Gasteiger partial charge in [-0.3, -0.25) is 0 Å². The molecule has 0 aliphatic heterocycles. The summed E-state index contributed by atoms with van der Waals surface area (Å²) in [6.07, 6.45) is 3.12. The molecule has 2 N–H and O–H groups in total. The fraction of sp³-hybridized carbons (Fsp3) is 0.611. The number of tetrazole rings is 1. The van der Waals surface area contributed by atoms with Gasteiger partial charge in [0.25, 0.3) is 0 Å². The van der Waals surface area contributed by atoms with Gasteiger partial charge in [0.2, 0.25) is 0 Å². The first-order valence-corrected chi connectivity index (χ1v) is 8.62. The highest BCUT2D eigenvalue weighted by Gasteiger charge is 2.42. The molecule has 2 unspecified atom stereocenters. The molecule has 1 saturated carbocycles. The monoisotopic (exact) mass is 329 g/mol. The molecule has 0 bridgehead atoms. The molecule has 24 heavy (non-hydrogen) atoms. The van der Waals surface area contributed by atoms with Gasteiger partial charge in [-0.1, -0.05) is 39.0 Å². The van der Waals surface area contributed by atoms with Crippen molar-refractivity contribution in [3.8, 4) is 5.69 Å². The van der Waals surface area contributed by atoms with Gasteiger partial charge in [-0.15, -0.1) is 5.10 Å². The summed E-state index contributed by atoms with van der Waals surface area (Å²) >= 11 is 0. The van der Waals surface area contributed by atoms with Gasteiger partial charge in [0, 0.05) is 5.54 Å². The van der Waals surface area contributed by atoms with Crippen molar-refractivity contribution in [1.82, 2.24) is 25.5 Å². The maximum absolute atomic E-state index is 10.1. The highest BCUT2D eigenvalue weighted by molar-refractivity contribution is 5.30. The lowest BCUT2D eigenvalue weighted by atomic mass is 9.64. The van der Waals surface area contributed by atoms with Gasteiger partial charge >= 0.3 is 0 Å². The van der Waals surface area contributed by atoms with Crippen molar-refractivity contribution in [2.75, 3.05) is 6.61 Å². The van der Waals surface area contributed by atoms with E-state index in [1.165, 1.54) is 6.42 Å². The predicted octanol–water partition coefficient (Wildman–Crippen LogP) is 2.33. The molecule has 6 heteroatoms. The molecule has 1 aliphatic rings. The van der Waals surface area contributed by atoms with Crippen LogP contribution < -0.4 is 5.32 Å². The molecule has 1 fully saturated rings. The number of hydrogen-bond donors (Lipinski definition) is 2. The standard InChI is InChI=1S/C18H27N5O/c1-14-9-17(2,3)12-18(10-14,13-24)19-11-16-20-21-22-23(16)15-7-5-4-6-8-15/h4-8,14,19,24H,9-13H2,1-3H3. The Bertz CT molecular complexity index is 669. The largest absolute Gasteiger partial charge is 0.394 e. The molecular weight excluding hydrogens is 302 g/mol. The molecule has 2 aromatic rings. The van der Waals surface area contributed by atoms with Crippen molar-refractivity contribution in [3.05, 3.63) is 36.2 Å². The van der Waals surface area contributed by atoms with Crippen LogP contribution in [0.25, 0.3) is 5.69 Å². The van der Waals surface area contributed by atoms with Crippen LogP contribution in [0.15, 0.2) is 30.3 Å². The molecule has 1 aromatic carbocycles. The van der Waals surface area contributed by atoms with Crippen LogP contribution in [0.2, 0.25) is 0 Å². The first-order valence-electron chi connectivity index (χ1n) is 8.62. The van der Waals surface area contributed by atoms with Gasteiger partial charge in [-0.2, -0.15) is 4.68 Å². The average molecular weight is 329 g/mol. The Labute approximate surface area is 143 Å². The Kier molecular flexibility index (Phi) is 4.69. The summed E-state index contributed by atoms with van der Waals surface area (Å²) in [5.74, 6) is 1.34. The lowest BCUT2D eigenvalue weighted by Crippen LogP contribution is -2.55. The summed E-state index contributed by atoms with van der Waals surface area (Å²) < 4.78 is 1.75. The normalized spacial score (nSPS) is 26.4. The number of para-hydroxylation sites is 1. The van der Waals surface area contributed by atoms with Crippen LogP contribution in [-0.4, -0.2) is 37.5 Å². The van der Waals surface area contributed by atoms with E-state index in [1.807, 2.05) is 30.3 Å². The predicted molar refractivity (Wildman–Crippen MR) is 92.6 cm³/mol. The maximum Gasteiger partial charge on any atom is 0.170 e. The fourth-order valence-corrected chi connectivity index (χ4v) is 4.41. The van der Waals surface area contributed by atoms with Crippen molar-refractivity contribution < 1.29 is 5.11 Å². The smallest absolute Gasteiger partial charge is 0.170 e. The summed E-state index contributed by atoms with van der Waals surface area (Å²) in [6, 6.07) is 9.86. The van der Waals surface area contributed by atoms with E-state index >= 15 is 0 Å². The van der Waals surface area contributed by atoms with Gasteiger partial charge in [0.05, 0.1) is 18.8 Å². The Hall–Kier alpha value is -1.79. The number of aromatic nitrogens is 4. The number of hydrogen-bond acceptors (Lipinski definition) is 5. The second-order valence-electron chi connectivity index (χ2n) is 7.99. The van der Waals surface area contributed by atoms with Crippen LogP contribution in [0.4, 0.5) is 0 Å². The Morgan fingerprint density at radius 1 is 1.25 bits per heavy atom. The minimum absolute atomic E-state index is 0.133. The molecule has 3 rings (SSSR count). The van der Waals surface area contributed by atoms with Crippen LogP contribution in [-0.2, 0) is 6.54 Å². The minimum atomic E-state index is -0.269. The highest BCUT2D eigenvalue weighted by atomic mass is 16.3. The van der Waals surface area contributed by atoms with Crippen LogP contribution >= 0.6 is 0 Å². The van der Waals surface area contributed by atoms with Gasteiger partial charge in [0.1, 0.15) is 0 Å². The van der Waals surface area contributed by atoms with E-state index in [-0.39, 0.29) is 17.6 Å². The molecule has 2 atom stereocenters. The van der Waals surface area contributed by atoms with Crippen molar-refractivity contribution in [3.63, 3.8) is 0 Å². The SMILES string of the molecule is CC1CC(C)(C)CC(CO)(NCc2nnnn2-c2ccccc2)C1. The molecule has 1 aliphatic carbocycles. The molecule has 1 heterocycles. The molecule has 0 radical (unpaired) electrons. The summed E-state index contributed by atoms with van der Waals surface area (Å²) in [5.41, 5.74) is 0.891. The average Bonchev–Trinajstić information content (AvgIpc) is 3.00. The maximum atomic E-state index is 10.1. The first kappa shape index (κ1) is 17.0. The lowest BCUT2D eigenvalue weighted by molar-refractivity contribution is 0.0347. The number of nitrogens with zero attached hydrogens (tertiary/aromatic N) is 4.